The number of ether oxygens (including phenoxy) is 1. The first-order valence-electron chi connectivity index (χ1n) is 7.11. The molecule has 1 heterocycles. The van der Waals surface area contributed by atoms with Crippen molar-refractivity contribution in [3.8, 4) is 0 Å². The fraction of sp³-hybridized carbons (Fsp3) is 0.643. The maximum atomic E-state index is 11.6. The Hall–Kier alpha value is -1.63. The summed E-state index contributed by atoms with van der Waals surface area (Å²) < 4.78 is 6.47. The predicted molar refractivity (Wildman–Crippen MR) is 81.4 cm³/mol. The number of aromatic nitrogens is 1. The molecule has 0 spiro atoms. The highest BCUT2D eigenvalue weighted by atomic mass is 32.1. The highest BCUT2D eigenvalue weighted by molar-refractivity contribution is 7.07. The van der Waals surface area contributed by atoms with Crippen molar-refractivity contribution in [1.29, 1.82) is 0 Å². The van der Waals surface area contributed by atoms with E-state index in [4.69, 9.17) is 4.74 Å². The number of hydrogen-bond acceptors (Lipinski definition) is 5. The molecule has 7 heteroatoms. The zero-order valence-electron chi connectivity index (χ0n) is 12.5. The van der Waals surface area contributed by atoms with Crippen LogP contribution in [-0.2, 0) is 20.9 Å². The van der Waals surface area contributed by atoms with E-state index in [1.807, 2.05) is 12.3 Å². The third-order valence-electron chi connectivity index (χ3n) is 2.95. The summed E-state index contributed by atoms with van der Waals surface area (Å²) in [6.07, 6.45) is 1.90. The zero-order valence-corrected chi connectivity index (χ0v) is 13.3. The number of carbonyl (C=O) groups is 2. The molecule has 0 saturated carbocycles. The Bertz CT molecular complexity index is 521. The summed E-state index contributed by atoms with van der Waals surface area (Å²) >= 11 is 1.18. The van der Waals surface area contributed by atoms with Gasteiger partial charge in [-0.05, 0) is 26.7 Å². The van der Waals surface area contributed by atoms with Gasteiger partial charge in [-0.15, -0.1) is 0 Å². The van der Waals surface area contributed by atoms with Crippen molar-refractivity contribution >= 4 is 23.2 Å². The van der Waals surface area contributed by atoms with Crippen LogP contribution in [0, 0.1) is 6.92 Å². The van der Waals surface area contributed by atoms with E-state index in [0.717, 1.165) is 5.69 Å². The molecule has 0 atom stereocenters. The topological polar surface area (TPSA) is 77.4 Å². The summed E-state index contributed by atoms with van der Waals surface area (Å²) in [6.45, 7) is 5.06. The van der Waals surface area contributed by atoms with Crippen LogP contribution < -0.4 is 10.2 Å². The SMILES string of the molecule is CCOC(=O)CCCNC(=O)CCCn1c(C)csc1=O. The molecule has 0 aliphatic carbocycles. The van der Waals surface area contributed by atoms with Crippen LogP contribution in [0.1, 0.15) is 38.3 Å². The summed E-state index contributed by atoms with van der Waals surface area (Å²) in [7, 11) is 0. The Morgan fingerprint density at radius 1 is 1.33 bits per heavy atom. The van der Waals surface area contributed by atoms with Crippen LogP contribution >= 0.6 is 11.3 Å². The van der Waals surface area contributed by atoms with Crippen LogP contribution in [0.5, 0.6) is 0 Å². The quantitative estimate of drug-likeness (QED) is 0.553. The molecule has 1 aromatic heterocycles. The lowest BCUT2D eigenvalue weighted by atomic mass is 10.2. The van der Waals surface area contributed by atoms with Gasteiger partial charge in [0.05, 0.1) is 6.61 Å². The largest absolute Gasteiger partial charge is 0.466 e. The molecular formula is C14H22N2O4S. The molecule has 0 bridgehead atoms. The summed E-state index contributed by atoms with van der Waals surface area (Å²) in [5.41, 5.74) is 0.930. The van der Waals surface area contributed by atoms with E-state index >= 15 is 0 Å². The second-order valence-electron chi connectivity index (χ2n) is 4.66. The molecule has 118 valence electrons. The second-order valence-corrected chi connectivity index (χ2v) is 5.48. The summed E-state index contributed by atoms with van der Waals surface area (Å²) in [6, 6.07) is 0. The van der Waals surface area contributed by atoms with Gasteiger partial charge in [0.2, 0.25) is 5.91 Å². The predicted octanol–water partition coefficient (Wildman–Crippen LogP) is 1.46. The molecule has 0 aliphatic heterocycles. The molecular weight excluding hydrogens is 292 g/mol. The number of carbonyl (C=O) groups excluding carboxylic acids is 2. The summed E-state index contributed by atoms with van der Waals surface area (Å²) in [5, 5.41) is 4.58. The Labute approximate surface area is 128 Å². The molecule has 21 heavy (non-hydrogen) atoms. The van der Waals surface area contributed by atoms with Gasteiger partial charge in [0.25, 0.3) is 0 Å². The standard InChI is InChI=1S/C14H22N2O4S/c1-3-20-13(18)7-4-8-15-12(17)6-5-9-16-11(2)10-21-14(16)19/h10H,3-9H2,1-2H3,(H,15,17). The molecule has 1 aromatic rings. The Kier molecular flexibility index (Phi) is 7.74. The molecule has 0 aliphatic rings. The van der Waals surface area contributed by atoms with Crippen molar-refractivity contribution in [2.75, 3.05) is 13.2 Å². The van der Waals surface area contributed by atoms with Crippen molar-refractivity contribution in [2.45, 2.75) is 46.1 Å². The van der Waals surface area contributed by atoms with Gasteiger partial charge in [-0.3, -0.25) is 14.4 Å². The first kappa shape index (κ1) is 17.4. The molecule has 0 aromatic carbocycles. The molecule has 0 unspecified atom stereocenters. The summed E-state index contributed by atoms with van der Waals surface area (Å²) in [4.78, 5) is 34.2. The maximum Gasteiger partial charge on any atom is 0.307 e. The number of nitrogens with zero attached hydrogens (tertiary/aromatic N) is 1. The van der Waals surface area contributed by atoms with Gasteiger partial charge in [-0.2, -0.15) is 0 Å². The van der Waals surface area contributed by atoms with E-state index in [9.17, 15) is 14.4 Å². The lowest BCUT2D eigenvalue weighted by Crippen LogP contribution is -2.25. The lowest BCUT2D eigenvalue weighted by molar-refractivity contribution is -0.143. The number of amides is 1. The van der Waals surface area contributed by atoms with E-state index in [0.29, 0.717) is 45.4 Å². The van der Waals surface area contributed by atoms with Gasteiger partial charge in [-0.25, -0.2) is 0 Å². The van der Waals surface area contributed by atoms with Crippen molar-refractivity contribution < 1.29 is 14.3 Å². The maximum absolute atomic E-state index is 11.6. The van der Waals surface area contributed by atoms with Crippen LogP contribution in [0.2, 0.25) is 0 Å². The summed E-state index contributed by atoms with van der Waals surface area (Å²) in [5.74, 6) is -0.293. The highest BCUT2D eigenvalue weighted by Crippen LogP contribution is 2.02. The first-order valence-corrected chi connectivity index (χ1v) is 7.99. The van der Waals surface area contributed by atoms with E-state index in [1.165, 1.54) is 11.3 Å². The molecule has 6 nitrogen and oxygen atoms in total. The molecule has 0 radical (unpaired) electrons. The minimum absolute atomic E-state index is 0.0161. The monoisotopic (exact) mass is 314 g/mol. The zero-order chi connectivity index (χ0) is 15.7. The van der Waals surface area contributed by atoms with Crippen LogP contribution in [-0.4, -0.2) is 29.6 Å². The van der Waals surface area contributed by atoms with E-state index in [2.05, 4.69) is 5.32 Å². The Balaban J connectivity index is 2.12. The number of nitrogens with one attached hydrogen (secondary N) is 1. The number of thiazole rings is 1. The van der Waals surface area contributed by atoms with E-state index < -0.39 is 0 Å². The van der Waals surface area contributed by atoms with Gasteiger partial charge < -0.3 is 14.6 Å². The molecule has 0 saturated heterocycles. The molecule has 0 fully saturated rings. The van der Waals surface area contributed by atoms with Crippen LogP contribution in [0.3, 0.4) is 0 Å². The number of hydrogen-bond donors (Lipinski definition) is 1. The third kappa shape index (κ3) is 6.57. The number of esters is 1. The van der Waals surface area contributed by atoms with Crippen LogP contribution in [0.4, 0.5) is 0 Å². The molecule has 1 N–H and O–H groups in total. The van der Waals surface area contributed by atoms with Gasteiger partial charge in [0, 0.05) is 37.0 Å². The Morgan fingerprint density at radius 2 is 2.10 bits per heavy atom. The average Bonchev–Trinajstić information content (AvgIpc) is 2.75. The van der Waals surface area contributed by atoms with Crippen LogP contribution in [0.15, 0.2) is 10.2 Å². The van der Waals surface area contributed by atoms with Gasteiger partial charge in [-0.1, -0.05) is 11.3 Å². The van der Waals surface area contributed by atoms with Crippen molar-refractivity contribution in [3.05, 3.63) is 20.7 Å². The fourth-order valence-corrected chi connectivity index (χ4v) is 2.62. The van der Waals surface area contributed by atoms with E-state index in [-0.39, 0.29) is 16.7 Å². The van der Waals surface area contributed by atoms with Crippen LogP contribution in [0.25, 0.3) is 0 Å². The molecule has 1 rings (SSSR count). The minimum Gasteiger partial charge on any atom is -0.466 e. The van der Waals surface area contributed by atoms with Crippen molar-refractivity contribution in [3.63, 3.8) is 0 Å². The number of rotatable bonds is 9. The van der Waals surface area contributed by atoms with E-state index in [1.54, 1.807) is 11.5 Å². The van der Waals surface area contributed by atoms with Crippen molar-refractivity contribution in [2.24, 2.45) is 0 Å². The average molecular weight is 314 g/mol. The van der Waals surface area contributed by atoms with Gasteiger partial charge >= 0.3 is 10.8 Å². The smallest absolute Gasteiger partial charge is 0.307 e. The minimum atomic E-state index is -0.237. The van der Waals surface area contributed by atoms with Gasteiger partial charge in [0.1, 0.15) is 0 Å². The third-order valence-corrected chi connectivity index (χ3v) is 3.83. The fourth-order valence-electron chi connectivity index (χ4n) is 1.85. The highest BCUT2D eigenvalue weighted by Gasteiger charge is 2.06. The lowest BCUT2D eigenvalue weighted by Gasteiger charge is -2.06. The van der Waals surface area contributed by atoms with Gasteiger partial charge in [0.15, 0.2) is 0 Å². The second kappa shape index (κ2) is 9.33. The normalized spacial score (nSPS) is 10.4. The first-order chi connectivity index (χ1) is 10.0. The van der Waals surface area contributed by atoms with Crippen molar-refractivity contribution in [1.82, 2.24) is 9.88 Å². The Morgan fingerprint density at radius 3 is 2.71 bits per heavy atom. The number of aryl methyl sites for hydroxylation is 1. The molecule has 1 amide bonds.